The Balaban J connectivity index is 0. The van der Waals surface area contributed by atoms with Crippen LogP contribution < -0.4 is 0 Å². The van der Waals surface area contributed by atoms with Crippen LogP contribution >= 0.6 is 0 Å². The van der Waals surface area contributed by atoms with Gasteiger partial charge in [-0.3, -0.25) is 0 Å². The maximum atomic E-state index is 7.00. The third-order valence-electron chi connectivity index (χ3n) is 2.46. The summed E-state index contributed by atoms with van der Waals surface area (Å²) >= 11 is 0. The number of hydrogen-bond donors (Lipinski definition) is 1. The second-order valence-corrected chi connectivity index (χ2v) is 5.04. The fourth-order valence-electron chi connectivity index (χ4n) is 1.45. The number of aliphatic hydroxyl groups excluding tert-OH is 1. The van der Waals surface area contributed by atoms with E-state index in [4.69, 9.17) is 5.11 Å². The third-order valence-corrected chi connectivity index (χ3v) is 2.46. The van der Waals surface area contributed by atoms with E-state index in [9.17, 15) is 0 Å². The van der Waals surface area contributed by atoms with Crippen molar-refractivity contribution in [2.75, 3.05) is 7.11 Å². The summed E-state index contributed by atoms with van der Waals surface area (Å²) in [7, 11) is 1.00. The maximum absolute atomic E-state index is 7.00. The highest BCUT2D eigenvalue weighted by molar-refractivity contribution is 5.39. The summed E-state index contributed by atoms with van der Waals surface area (Å²) in [5.74, 6) is 0. The van der Waals surface area contributed by atoms with Gasteiger partial charge in [-0.2, -0.15) is 5.10 Å². The molecule has 0 saturated carbocycles. The largest absolute Gasteiger partial charge is 0.400 e. The zero-order chi connectivity index (χ0) is 15.6. The summed E-state index contributed by atoms with van der Waals surface area (Å²) in [6.45, 7) is 18.3. The minimum absolute atomic E-state index is 0.145. The number of hydrazone groups is 1. The van der Waals surface area contributed by atoms with E-state index in [1.807, 2.05) is 18.9 Å². The first-order valence-corrected chi connectivity index (χ1v) is 6.64. The van der Waals surface area contributed by atoms with Crippen LogP contribution in [0.5, 0.6) is 0 Å². The van der Waals surface area contributed by atoms with E-state index < -0.39 is 0 Å². The standard InChI is InChI=1S/C13H20N2.C2H6.CH4O/c1-10(2)12-8-7-11(13(3,4)5)9-15(12)14-6;2*1-2/h7-9H,6H2,1-5H3;1-2H3;2H,1H3. The molecule has 1 aliphatic rings. The average Bonchev–Trinajstić information content (AvgIpc) is 2.41. The summed E-state index contributed by atoms with van der Waals surface area (Å²) in [5.41, 5.74) is 3.76. The van der Waals surface area contributed by atoms with E-state index >= 15 is 0 Å². The molecule has 0 aromatic carbocycles. The van der Waals surface area contributed by atoms with Crippen molar-refractivity contribution in [1.29, 1.82) is 0 Å². The van der Waals surface area contributed by atoms with Gasteiger partial charge in [0, 0.05) is 20.0 Å². The van der Waals surface area contributed by atoms with E-state index in [1.54, 1.807) is 0 Å². The number of hydrogen-bond acceptors (Lipinski definition) is 3. The fourth-order valence-corrected chi connectivity index (χ4v) is 1.45. The lowest BCUT2D eigenvalue weighted by Crippen LogP contribution is -2.18. The molecule has 3 heteroatoms. The molecular weight excluding hydrogens is 236 g/mol. The molecule has 1 rings (SSSR count). The third kappa shape index (κ3) is 6.39. The number of nitrogens with zero attached hydrogens (tertiary/aromatic N) is 2. The van der Waals surface area contributed by atoms with Crippen LogP contribution in [0.2, 0.25) is 0 Å². The van der Waals surface area contributed by atoms with Crippen molar-refractivity contribution >= 4 is 6.72 Å². The second-order valence-electron chi connectivity index (χ2n) is 5.04. The molecule has 0 fully saturated rings. The minimum Gasteiger partial charge on any atom is -0.400 e. The van der Waals surface area contributed by atoms with Gasteiger partial charge in [-0.25, -0.2) is 5.01 Å². The van der Waals surface area contributed by atoms with Crippen LogP contribution in [0.1, 0.15) is 48.5 Å². The molecule has 0 aliphatic carbocycles. The highest BCUT2D eigenvalue weighted by Crippen LogP contribution is 2.31. The molecular formula is C16H30N2O. The molecule has 0 amide bonds. The molecule has 1 aliphatic heterocycles. The first-order chi connectivity index (χ1) is 8.86. The van der Waals surface area contributed by atoms with Gasteiger partial charge < -0.3 is 5.11 Å². The van der Waals surface area contributed by atoms with Crippen LogP contribution in [0, 0.1) is 5.41 Å². The lowest BCUT2D eigenvalue weighted by atomic mass is 9.85. The number of aliphatic hydroxyl groups is 1. The number of rotatable bonds is 1. The fraction of sp³-hybridized carbons (Fsp3) is 0.562. The highest BCUT2D eigenvalue weighted by Gasteiger charge is 2.19. The van der Waals surface area contributed by atoms with Crippen LogP contribution in [0.15, 0.2) is 40.3 Å². The number of allylic oxidation sites excluding steroid dienone is 4. The predicted molar refractivity (Wildman–Crippen MR) is 85.9 cm³/mol. The van der Waals surface area contributed by atoms with Crippen molar-refractivity contribution in [2.24, 2.45) is 10.5 Å². The quantitative estimate of drug-likeness (QED) is 0.717. The van der Waals surface area contributed by atoms with Gasteiger partial charge >= 0.3 is 0 Å². The van der Waals surface area contributed by atoms with Crippen molar-refractivity contribution < 1.29 is 5.11 Å². The van der Waals surface area contributed by atoms with Gasteiger partial charge in [-0.15, -0.1) is 0 Å². The molecule has 0 atom stereocenters. The first-order valence-electron chi connectivity index (χ1n) is 6.64. The Morgan fingerprint density at radius 1 is 1.16 bits per heavy atom. The molecule has 1 N–H and O–H groups in total. The average molecular weight is 266 g/mol. The van der Waals surface area contributed by atoms with Gasteiger partial charge in [-0.05, 0) is 30.9 Å². The van der Waals surface area contributed by atoms with Crippen LogP contribution in [0.3, 0.4) is 0 Å². The molecule has 0 unspecified atom stereocenters. The zero-order valence-electron chi connectivity index (χ0n) is 13.8. The Hall–Kier alpha value is -1.35. The molecule has 3 nitrogen and oxygen atoms in total. The predicted octanol–water partition coefficient (Wildman–Crippen LogP) is 4.33. The Labute approximate surface area is 119 Å². The zero-order valence-corrected chi connectivity index (χ0v) is 13.8. The molecule has 1 heterocycles. The van der Waals surface area contributed by atoms with Crippen LogP contribution in [-0.2, 0) is 0 Å². The lowest BCUT2D eigenvalue weighted by molar-refractivity contribution is 0.399. The summed E-state index contributed by atoms with van der Waals surface area (Å²) in [6, 6.07) is 0. The van der Waals surface area contributed by atoms with Crippen molar-refractivity contribution in [1.82, 2.24) is 5.01 Å². The summed E-state index contributed by atoms with van der Waals surface area (Å²) in [6.07, 6.45) is 6.31. The normalized spacial score (nSPS) is 13.6. The van der Waals surface area contributed by atoms with Crippen LogP contribution in [0.25, 0.3) is 0 Å². The van der Waals surface area contributed by atoms with Crippen molar-refractivity contribution in [3.05, 3.63) is 35.2 Å². The van der Waals surface area contributed by atoms with Gasteiger partial charge in [0.1, 0.15) is 0 Å². The molecule has 0 saturated heterocycles. The SMILES string of the molecule is C=NN1C=C(C(C)(C)C)C=CC1=C(C)C.CC.CO. The second kappa shape index (κ2) is 9.56. The van der Waals surface area contributed by atoms with E-state index in [0.29, 0.717) is 0 Å². The van der Waals surface area contributed by atoms with Gasteiger partial charge in [0.2, 0.25) is 0 Å². The van der Waals surface area contributed by atoms with Gasteiger partial charge in [0.15, 0.2) is 0 Å². The molecule has 0 aromatic heterocycles. The van der Waals surface area contributed by atoms with E-state index in [2.05, 4.69) is 64.8 Å². The Bertz CT molecular complexity index is 353. The van der Waals surface area contributed by atoms with Gasteiger partial charge in [-0.1, -0.05) is 46.3 Å². The highest BCUT2D eigenvalue weighted by atomic mass is 16.2. The summed E-state index contributed by atoms with van der Waals surface area (Å²) < 4.78 is 0. The summed E-state index contributed by atoms with van der Waals surface area (Å²) in [5, 5.41) is 12.9. The minimum atomic E-state index is 0.145. The molecule has 0 radical (unpaired) electrons. The maximum Gasteiger partial charge on any atom is 0.0631 e. The topological polar surface area (TPSA) is 35.8 Å². The summed E-state index contributed by atoms with van der Waals surface area (Å²) in [4.78, 5) is 0. The van der Waals surface area contributed by atoms with E-state index in [1.165, 1.54) is 11.1 Å². The molecule has 0 spiro atoms. The van der Waals surface area contributed by atoms with E-state index in [-0.39, 0.29) is 5.41 Å². The Morgan fingerprint density at radius 3 is 1.95 bits per heavy atom. The lowest BCUT2D eigenvalue weighted by Gasteiger charge is -2.28. The van der Waals surface area contributed by atoms with Crippen molar-refractivity contribution in [2.45, 2.75) is 48.5 Å². The van der Waals surface area contributed by atoms with Crippen molar-refractivity contribution in [3.63, 3.8) is 0 Å². The van der Waals surface area contributed by atoms with Gasteiger partial charge in [0.05, 0.1) is 5.70 Å². The molecule has 110 valence electrons. The van der Waals surface area contributed by atoms with E-state index in [0.717, 1.165) is 12.8 Å². The molecule has 0 aromatic rings. The monoisotopic (exact) mass is 266 g/mol. The molecule has 0 bridgehead atoms. The first kappa shape index (κ1) is 20.0. The Kier molecular flexibility index (Phi) is 10.1. The van der Waals surface area contributed by atoms with Gasteiger partial charge in [0.25, 0.3) is 0 Å². The Morgan fingerprint density at radius 2 is 1.63 bits per heavy atom. The van der Waals surface area contributed by atoms with Crippen LogP contribution in [0.4, 0.5) is 0 Å². The van der Waals surface area contributed by atoms with Crippen LogP contribution in [-0.4, -0.2) is 23.9 Å². The van der Waals surface area contributed by atoms with Crippen molar-refractivity contribution in [3.8, 4) is 0 Å². The molecule has 19 heavy (non-hydrogen) atoms. The smallest absolute Gasteiger partial charge is 0.0631 e.